The average Bonchev–Trinajstić information content (AvgIpc) is 3.34. The van der Waals surface area contributed by atoms with Gasteiger partial charge < -0.3 is 9.80 Å². The van der Waals surface area contributed by atoms with Crippen molar-refractivity contribution in [1.82, 2.24) is 35.2 Å². The molecular formula is C26H28N10. The van der Waals surface area contributed by atoms with E-state index >= 15 is 0 Å². The summed E-state index contributed by atoms with van der Waals surface area (Å²) in [5.41, 5.74) is 3.38. The number of hydrogen-bond acceptors (Lipinski definition) is 7. The number of aliphatic imine (C=N–C) groups is 1. The van der Waals surface area contributed by atoms with Crippen molar-refractivity contribution in [1.29, 1.82) is 5.26 Å². The van der Waals surface area contributed by atoms with Crippen LogP contribution >= 0.6 is 0 Å². The molecule has 1 saturated heterocycles. The SMILES string of the molecule is CC(C)C1CN(c2ccc(-c3cnn(C)c3)nn2)CCN1C(=Nc1cccc2ncccc12)NC#N. The third kappa shape index (κ3) is 4.68. The molecule has 4 heterocycles. The molecule has 5 rings (SSSR count). The monoisotopic (exact) mass is 480 g/mol. The van der Waals surface area contributed by atoms with E-state index in [9.17, 15) is 5.26 Å². The predicted octanol–water partition coefficient (Wildman–Crippen LogP) is 3.33. The Morgan fingerprint density at radius 3 is 2.75 bits per heavy atom. The Kier molecular flexibility index (Phi) is 6.45. The van der Waals surface area contributed by atoms with Crippen LogP contribution in [0.4, 0.5) is 11.5 Å². The van der Waals surface area contributed by atoms with Crippen LogP contribution in [0.25, 0.3) is 22.2 Å². The summed E-state index contributed by atoms with van der Waals surface area (Å²) in [5, 5.41) is 26.5. The van der Waals surface area contributed by atoms with Gasteiger partial charge in [0.05, 0.1) is 29.1 Å². The van der Waals surface area contributed by atoms with Crippen molar-refractivity contribution in [3.05, 3.63) is 61.1 Å². The molecule has 182 valence electrons. The Labute approximate surface area is 209 Å². The quantitative estimate of drug-likeness (QED) is 0.205. The van der Waals surface area contributed by atoms with Gasteiger partial charge in [-0.05, 0) is 42.3 Å². The highest BCUT2D eigenvalue weighted by molar-refractivity contribution is 5.94. The Morgan fingerprint density at radius 1 is 1.14 bits per heavy atom. The number of rotatable bonds is 4. The van der Waals surface area contributed by atoms with Crippen LogP contribution < -0.4 is 10.2 Å². The van der Waals surface area contributed by atoms with Crippen LogP contribution in [0.2, 0.25) is 0 Å². The highest BCUT2D eigenvalue weighted by Gasteiger charge is 2.32. The highest BCUT2D eigenvalue weighted by atomic mass is 15.4. The van der Waals surface area contributed by atoms with Crippen molar-refractivity contribution in [3.8, 4) is 17.5 Å². The fourth-order valence-electron chi connectivity index (χ4n) is 4.57. The summed E-state index contributed by atoms with van der Waals surface area (Å²) in [6.07, 6.45) is 7.55. The maximum absolute atomic E-state index is 9.52. The Bertz CT molecular complexity index is 1410. The van der Waals surface area contributed by atoms with E-state index in [1.807, 2.05) is 55.7 Å². The first-order valence-electron chi connectivity index (χ1n) is 12.0. The summed E-state index contributed by atoms with van der Waals surface area (Å²) in [4.78, 5) is 13.8. The first-order chi connectivity index (χ1) is 17.5. The van der Waals surface area contributed by atoms with Gasteiger partial charge in [0, 0.05) is 50.0 Å². The number of aryl methyl sites for hydroxylation is 1. The Balaban J connectivity index is 1.40. The van der Waals surface area contributed by atoms with Crippen molar-refractivity contribution < 1.29 is 0 Å². The molecule has 0 spiro atoms. The van der Waals surface area contributed by atoms with Gasteiger partial charge in [-0.15, -0.1) is 10.2 Å². The minimum atomic E-state index is 0.117. The third-order valence-electron chi connectivity index (χ3n) is 6.45. The van der Waals surface area contributed by atoms with Gasteiger partial charge in [-0.3, -0.25) is 15.0 Å². The van der Waals surface area contributed by atoms with Crippen molar-refractivity contribution in [2.24, 2.45) is 18.0 Å². The number of anilines is 1. The van der Waals surface area contributed by atoms with E-state index in [1.165, 1.54) is 0 Å². The number of nitriles is 1. The van der Waals surface area contributed by atoms with Gasteiger partial charge in [0.15, 0.2) is 12.0 Å². The van der Waals surface area contributed by atoms with E-state index in [2.05, 4.69) is 55.4 Å². The smallest absolute Gasteiger partial charge is 0.213 e. The van der Waals surface area contributed by atoms with E-state index in [4.69, 9.17) is 4.99 Å². The molecule has 0 aliphatic carbocycles. The summed E-state index contributed by atoms with van der Waals surface area (Å²) in [6.45, 7) is 6.52. The van der Waals surface area contributed by atoms with Crippen LogP contribution in [0.15, 0.2) is 66.0 Å². The van der Waals surface area contributed by atoms with Crippen LogP contribution in [-0.2, 0) is 7.05 Å². The maximum atomic E-state index is 9.52. The molecule has 0 saturated carbocycles. The van der Waals surface area contributed by atoms with Crippen LogP contribution in [0, 0.1) is 17.4 Å². The zero-order valence-corrected chi connectivity index (χ0v) is 20.6. The zero-order valence-electron chi connectivity index (χ0n) is 20.6. The summed E-state index contributed by atoms with van der Waals surface area (Å²) in [7, 11) is 1.88. The van der Waals surface area contributed by atoms with Crippen LogP contribution in [0.1, 0.15) is 13.8 Å². The summed E-state index contributed by atoms with van der Waals surface area (Å²) < 4.78 is 1.75. The molecule has 4 aromatic rings. The van der Waals surface area contributed by atoms with Gasteiger partial charge >= 0.3 is 0 Å². The summed E-state index contributed by atoms with van der Waals surface area (Å²) in [6, 6.07) is 13.8. The van der Waals surface area contributed by atoms with Crippen molar-refractivity contribution in [2.75, 3.05) is 24.5 Å². The lowest BCUT2D eigenvalue weighted by atomic mass is 9.99. The Morgan fingerprint density at radius 2 is 2.03 bits per heavy atom. The first-order valence-corrected chi connectivity index (χ1v) is 12.0. The number of benzene rings is 1. The average molecular weight is 481 g/mol. The van der Waals surface area contributed by atoms with Crippen LogP contribution in [-0.4, -0.2) is 61.5 Å². The maximum Gasteiger partial charge on any atom is 0.213 e. The van der Waals surface area contributed by atoms with E-state index < -0.39 is 0 Å². The van der Waals surface area contributed by atoms with E-state index in [0.717, 1.165) is 46.8 Å². The number of piperazine rings is 1. The van der Waals surface area contributed by atoms with Crippen molar-refractivity contribution >= 4 is 28.4 Å². The number of pyridine rings is 1. The lowest BCUT2D eigenvalue weighted by Crippen LogP contribution is -2.59. The predicted molar refractivity (Wildman–Crippen MR) is 139 cm³/mol. The fraction of sp³-hybridized carbons (Fsp3) is 0.308. The minimum absolute atomic E-state index is 0.117. The lowest BCUT2D eigenvalue weighted by molar-refractivity contribution is 0.220. The molecule has 0 bridgehead atoms. The lowest BCUT2D eigenvalue weighted by Gasteiger charge is -2.44. The van der Waals surface area contributed by atoms with Gasteiger partial charge in [0.1, 0.15) is 0 Å². The van der Waals surface area contributed by atoms with Gasteiger partial charge in [-0.1, -0.05) is 19.9 Å². The molecule has 3 aromatic heterocycles. The molecule has 1 atom stereocenters. The molecule has 0 radical (unpaired) electrons. The van der Waals surface area contributed by atoms with Gasteiger partial charge in [0.2, 0.25) is 5.96 Å². The van der Waals surface area contributed by atoms with E-state index in [-0.39, 0.29) is 6.04 Å². The summed E-state index contributed by atoms with van der Waals surface area (Å²) >= 11 is 0. The standard InChI is InChI=1S/C26H28N10/c1-18(2)24-16-35(25-10-9-21(32-33-25)19-14-30-34(3)15-19)12-13-36(24)26(29-17-27)31-23-8-4-7-22-20(23)6-5-11-28-22/h4-11,14-15,18,24H,12-13,16H2,1-3H3,(H,29,31). The van der Waals surface area contributed by atoms with Gasteiger partial charge in [-0.25, -0.2) is 4.99 Å². The van der Waals surface area contributed by atoms with Gasteiger partial charge in [0.25, 0.3) is 0 Å². The van der Waals surface area contributed by atoms with Gasteiger partial charge in [-0.2, -0.15) is 10.4 Å². The number of guanidine groups is 1. The number of hydrogen-bond donors (Lipinski definition) is 1. The third-order valence-corrected chi connectivity index (χ3v) is 6.45. The molecule has 1 aliphatic heterocycles. The van der Waals surface area contributed by atoms with Crippen LogP contribution in [0.3, 0.4) is 0 Å². The normalized spacial score (nSPS) is 16.4. The zero-order chi connectivity index (χ0) is 25.1. The number of nitrogens with zero attached hydrogens (tertiary/aromatic N) is 9. The highest BCUT2D eigenvalue weighted by Crippen LogP contribution is 2.27. The topological polar surface area (TPSA) is 111 Å². The molecule has 1 aliphatic rings. The second kappa shape index (κ2) is 10.00. The molecular weight excluding hydrogens is 452 g/mol. The number of fused-ring (bicyclic) bond motifs is 1. The molecule has 1 N–H and O–H groups in total. The number of aromatic nitrogens is 5. The largest absolute Gasteiger partial charge is 0.351 e. The second-order valence-electron chi connectivity index (χ2n) is 9.15. The fourth-order valence-corrected chi connectivity index (χ4v) is 4.57. The molecule has 36 heavy (non-hydrogen) atoms. The second-order valence-corrected chi connectivity index (χ2v) is 9.15. The van der Waals surface area contributed by atoms with Crippen molar-refractivity contribution in [2.45, 2.75) is 19.9 Å². The molecule has 1 unspecified atom stereocenters. The molecule has 1 fully saturated rings. The van der Waals surface area contributed by atoms with Crippen LogP contribution in [0.5, 0.6) is 0 Å². The van der Waals surface area contributed by atoms with E-state index in [1.54, 1.807) is 17.1 Å². The molecule has 1 aromatic carbocycles. The molecule has 10 heteroatoms. The van der Waals surface area contributed by atoms with E-state index in [0.29, 0.717) is 18.4 Å². The number of nitrogens with one attached hydrogen (secondary N) is 1. The molecule has 10 nitrogen and oxygen atoms in total. The summed E-state index contributed by atoms with van der Waals surface area (Å²) in [5.74, 6) is 1.69. The Hall–Kier alpha value is -4.52. The van der Waals surface area contributed by atoms with Crippen molar-refractivity contribution in [3.63, 3.8) is 0 Å². The molecule has 0 amide bonds. The first kappa shape index (κ1) is 23.2. The minimum Gasteiger partial charge on any atom is -0.351 e.